The van der Waals surface area contributed by atoms with Crippen LogP contribution in [0.5, 0.6) is 5.75 Å². The Morgan fingerprint density at radius 3 is 2.06 bits per heavy atom. The Balaban J connectivity index is 1.75. The van der Waals surface area contributed by atoms with E-state index >= 15 is 0 Å². The van der Waals surface area contributed by atoms with Gasteiger partial charge in [0.25, 0.3) is 0 Å². The van der Waals surface area contributed by atoms with Gasteiger partial charge in [0, 0.05) is 6.07 Å². The van der Waals surface area contributed by atoms with Gasteiger partial charge >= 0.3 is 5.69 Å². The Morgan fingerprint density at radius 2 is 1.44 bits per heavy atom. The normalized spacial score (nSPS) is 40.1. The van der Waals surface area contributed by atoms with Crippen molar-refractivity contribution in [2.45, 2.75) is 61.4 Å². The SMILES string of the molecule is O=[N+]([O-])c1ccccc1O[C@H]1O[C@@H](CO)[C@@H](O[C@@H]2O[C@@H](CO)[C@@H](O)[C@@H](O)[C@H]2O)[C@@H](O)[C@H]1O. The monoisotopic (exact) mass is 463 g/mol. The van der Waals surface area contributed by atoms with Gasteiger partial charge in [0.05, 0.1) is 18.1 Å². The predicted molar refractivity (Wildman–Crippen MR) is 100 cm³/mol. The fourth-order valence-corrected chi connectivity index (χ4v) is 3.49. The molecule has 2 fully saturated rings. The summed E-state index contributed by atoms with van der Waals surface area (Å²) in [6.45, 7) is -1.48. The van der Waals surface area contributed by atoms with Crippen LogP contribution in [0, 0.1) is 10.1 Å². The highest BCUT2D eigenvalue weighted by molar-refractivity contribution is 5.45. The molecule has 0 aromatic heterocycles. The number of ether oxygens (including phenoxy) is 4. The Morgan fingerprint density at radius 1 is 0.844 bits per heavy atom. The molecule has 0 unspecified atom stereocenters. The zero-order chi connectivity index (χ0) is 23.6. The van der Waals surface area contributed by atoms with Crippen LogP contribution in [0.2, 0.25) is 0 Å². The molecule has 180 valence electrons. The van der Waals surface area contributed by atoms with Crippen molar-refractivity contribution in [2.24, 2.45) is 0 Å². The molecule has 0 radical (unpaired) electrons. The van der Waals surface area contributed by atoms with E-state index in [4.69, 9.17) is 18.9 Å². The molecule has 14 nitrogen and oxygen atoms in total. The van der Waals surface area contributed by atoms with E-state index in [1.54, 1.807) is 0 Å². The molecule has 2 aliphatic rings. The van der Waals surface area contributed by atoms with Gasteiger partial charge < -0.3 is 54.7 Å². The van der Waals surface area contributed by atoms with E-state index in [0.29, 0.717) is 0 Å². The van der Waals surface area contributed by atoms with Crippen molar-refractivity contribution >= 4 is 5.69 Å². The van der Waals surface area contributed by atoms with Crippen molar-refractivity contribution in [1.29, 1.82) is 0 Å². The quantitative estimate of drug-likeness (QED) is 0.155. The first-order valence-electron chi connectivity index (χ1n) is 9.68. The molecule has 14 heteroatoms. The molecule has 2 aliphatic heterocycles. The number of para-hydroxylation sites is 2. The third-order valence-corrected chi connectivity index (χ3v) is 5.27. The summed E-state index contributed by atoms with van der Waals surface area (Å²) in [5, 5.41) is 80.9. The van der Waals surface area contributed by atoms with Gasteiger partial charge in [0.2, 0.25) is 6.29 Å². The zero-order valence-corrected chi connectivity index (χ0v) is 16.5. The van der Waals surface area contributed by atoms with E-state index in [1.807, 2.05) is 0 Å². The lowest BCUT2D eigenvalue weighted by Gasteiger charge is -2.45. The first kappa shape index (κ1) is 24.7. The number of hydrogen-bond acceptors (Lipinski definition) is 13. The minimum absolute atomic E-state index is 0.251. The third kappa shape index (κ3) is 4.84. The summed E-state index contributed by atoms with van der Waals surface area (Å²) >= 11 is 0. The van der Waals surface area contributed by atoms with E-state index in [-0.39, 0.29) is 5.75 Å². The highest BCUT2D eigenvalue weighted by Gasteiger charge is 2.51. The lowest BCUT2D eigenvalue weighted by Crippen LogP contribution is -2.65. The lowest BCUT2D eigenvalue weighted by atomic mass is 9.97. The molecule has 7 N–H and O–H groups in total. The largest absolute Gasteiger partial charge is 0.455 e. The number of nitro benzene ring substituents is 1. The van der Waals surface area contributed by atoms with Crippen molar-refractivity contribution in [1.82, 2.24) is 0 Å². The molecule has 32 heavy (non-hydrogen) atoms. The molecule has 0 bridgehead atoms. The second-order valence-corrected chi connectivity index (χ2v) is 7.35. The number of nitrogens with zero attached hydrogens (tertiary/aromatic N) is 1. The van der Waals surface area contributed by atoms with Crippen LogP contribution in [0.4, 0.5) is 5.69 Å². The number of aliphatic hydroxyl groups excluding tert-OH is 7. The smallest absolute Gasteiger partial charge is 0.311 e. The van der Waals surface area contributed by atoms with Crippen molar-refractivity contribution in [3.8, 4) is 5.75 Å². The molecule has 0 amide bonds. The van der Waals surface area contributed by atoms with Gasteiger partial charge in [-0.1, -0.05) is 12.1 Å². The molecule has 0 saturated carbocycles. The van der Waals surface area contributed by atoms with E-state index in [1.165, 1.54) is 18.2 Å². The molecule has 2 saturated heterocycles. The fourth-order valence-electron chi connectivity index (χ4n) is 3.49. The van der Waals surface area contributed by atoms with Gasteiger partial charge in [0.1, 0.15) is 48.8 Å². The van der Waals surface area contributed by atoms with Gasteiger partial charge in [-0.05, 0) is 6.07 Å². The minimum atomic E-state index is -1.81. The second-order valence-electron chi connectivity index (χ2n) is 7.35. The number of aliphatic hydroxyl groups is 7. The Bertz CT molecular complexity index is 777. The molecule has 10 atom stereocenters. The summed E-state index contributed by atoms with van der Waals surface area (Å²) in [5.41, 5.74) is -0.418. The molecule has 3 rings (SSSR count). The highest BCUT2D eigenvalue weighted by atomic mass is 16.7. The maximum atomic E-state index is 11.2. The van der Waals surface area contributed by atoms with Crippen LogP contribution < -0.4 is 4.74 Å². The summed E-state index contributed by atoms with van der Waals surface area (Å²) in [5.74, 6) is -0.251. The van der Waals surface area contributed by atoms with Gasteiger partial charge in [0.15, 0.2) is 12.0 Å². The second kappa shape index (κ2) is 10.3. The summed E-state index contributed by atoms with van der Waals surface area (Å²) in [7, 11) is 0. The first-order chi connectivity index (χ1) is 15.2. The summed E-state index contributed by atoms with van der Waals surface area (Å²) < 4.78 is 21.4. The Hall–Kier alpha value is -1.98. The molecule has 0 spiro atoms. The first-order valence-corrected chi connectivity index (χ1v) is 9.68. The minimum Gasteiger partial charge on any atom is -0.455 e. The zero-order valence-electron chi connectivity index (χ0n) is 16.5. The van der Waals surface area contributed by atoms with Crippen LogP contribution in [-0.4, -0.2) is 115 Å². The number of hydrogen-bond donors (Lipinski definition) is 7. The van der Waals surface area contributed by atoms with Crippen LogP contribution in [-0.2, 0) is 14.2 Å². The van der Waals surface area contributed by atoms with Crippen molar-refractivity contribution in [3.63, 3.8) is 0 Å². The molecular formula is C18H25NO13. The van der Waals surface area contributed by atoms with E-state index in [2.05, 4.69) is 0 Å². The van der Waals surface area contributed by atoms with E-state index in [0.717, 1.165) is 6.07 Å². The van der Waals surface area contributed by atoms with E-state index in [9.17, 15) is 45.9 Å². The predicted octanol–water partition coefficient (Wildman–Crippen LogP) is -3.40. The number of benzene rings is 1. The molecule has 1 aromatic rings. The summed E-state index contributed by atoms with van der Waals surface area (Å²) in [6.07, 6.45) is -16.2. The number of nitro groups is 1. The summed E-state index contributed by atoms with van der Waals surface area (Å²) in [6, 6.07) is 5.27. The maximum absolute atomic E-state index is 11.2. The van der Waals surface area contributed by atoms with Crippen LogP contribution in [0.3, 0.4) is 0 Å². The average molecular weight is 463 g/mol. The van der Waals surface area contributed by atoms with Gasteiger partial charge in [-0.2, -0.15) is 0 Å². The Kier molecular flexibility index (Phi) is 7.94. The van der Waals surface area contributed by atoms with Crippen molar-refractivity contribution in [2.75, 3.05) is 13.2 Å². The topological polar surface area (TPSA) is 222 Å². The van der Waals surface area contributed by atoms with Crippen LogP contribution >= 0.6 is 0 Å². The van der Waals surface area contributed by atoms with Gasteiger partial charge in [-0.15, -0.1) is 0 Å². The molecule has 0 aliphatic carbocycles. The van der Waals surface area contributed by atoms with E-state index < -0.39 is 85.2 Å². The molecular weight excluding hydrogens is 438 g/mol. The van der Waals surface area contributed by atoms with Crippen molar-refractivity contribution < 1.29 is 59.6 Å². The highest BCUT2D eigenvalue weighted by Crippen LogP contribution is 2.33. The maximum Gasteiger partial charge on any atom is 0.311 e. The summed E-state index contributed by atoms with van der Waals surface area (Å²) in [4.78, 5) is 10.4. The van der Waals surface area contributed by atoms with Gasteiger partial charge in [-0.3, -0.25) is 10.1 Å². The number of rotatable bonds is 7. The Labute approximate surface area is 180 Å². The third-order valence-electron chi connectivity index (χ3n) is 5.27. The van der Waals surface area contributed by atoms with Crippen LogP contribution in [0.25, 0.3) is 0 Å². The fraction of sp³-hybridized carbons (Fsp3) is 0.667. The van der Waals surface area contributed by atoms with Gasteiger partial charge in [-0.25, -0.2) is 0 Å². The lowest BCUT2D eigenvalue weighted by molar-refractivity contribution is -0.387. The van der Waals surface area contributed by atoms with Crippen molar-refractivity contribution in [3.05, 3.63) is 34.4 Å². The molecule has 2 heterocycles. The average Bonchev–Trinajstić information content (AvgIpc) is 2.78. The molecule has 1 aromatic carbocycles. The van der Waals surface area contributed by atoms with Crippen LogP contribution in [0.15, 0.2) is 24.3 Å². The standard InChI is InChI=1S/C18H25NO13/c20-5-9-11(22)12(23)14(25)18(30-9)32-16-10(6-21)31-17(15(26)13(16)24)29-8-4-2-1-3-7(8)19(27)28/h1-4,9-18,20-26H,5-6H2/t9-,10-,11+,12+,13-,14+,15+,16+,17-,18-/m0/s1. The van der Waals surface area contributed by atoms with Crippen LogP contribution in [0.1, 0.15) is 0 Å².